The molecule has 1 N–H and O–H groups in total. The van der Waals surface area contributed by atoms with E-state index in [-0.39, 0.29) is 0 Å². The molecule has 1 aromatic heterocycles. The number of hydrogen-bond donors (Lipinski definition) is 1. The minimum atomic E-state index is -0.978. The van der Waals surface area contributed by atoms with Crippen molar-refractivity contribution in [3.8, 4) is 0 Å². The first-order valence-electron chi connectivity index (χ1n) is 4.53. The van der Waals surface area contributed by atoms with Gasteiger partial charge in [-0.3, -0.25) is 0 Å². The topological polar surface area (TPSA) is 38.7 Å². The number of aliphatic hydroxyl groups is 1. The zero-order chi connectivity index (χ0) is 11.5. The van der Waals surface area contributed by atoms with Crippen LogP contribution < -0.4 is 0 Å². The molecule has 0 radical (unpaired) electrons. The van der Waals surface area contributed by atoms with E-state index >= 15 is 0 Å². The molecule has 0 spiro atoms. The van der Waals surface area contributed by atoms with E-state index < -0.39 is 11.9 Å². The van der Waals surface area contributed by atoms with Gasteiger partial charge in [-0.25, -0.2) is 0 Å². The third-order valence-corrected chi connectivity index (χ3v) is 3.68. The highest BCUT2D eigenvalue weighted by Gasteiger charge is 2.29. The van der Waals surface area contributed by atoms with Gasteiger partial charge in [-0.2, -0.15) is 0 Å². The maximum atomic E-state index is 10.2. The lowest BCUT2D eigenvalue weighted by atomic mass is 10.0. The van der Waals surface area contributed by atoms with E-state index in [1.54, 1.807) is 27.2 Å². The van der Waals surface area contributed by atoms with Gasteiger partial charge in [-0.1, -0.05) is 11.6 Å². The lowest BCUT2D eigenvalue weighted by Crippen LogP contribution is -2.28. The molecule has 86 valence electrons. The van der Waals surface area contributed by atoms with Crippen LogP contribution in [0.1, 0.15) is 18.2 Å². The smallest absolute Gasteiger partial charge is 0.159 e. The van der Waals surface area contributed by atoms with Gasteiger partial charge in [-0.15, -0.1) is 11.3 Å². The van der Waals surface area contributed by atoms with E-state index in [1.165, 1.54) is 11.3 Å². The second-order valence-electron chi connectivity index (χ2n) is 3.48. The normalized spacial score (nSPS) is 15.6. The number of rotatable bonds is 5. The number of methoxy groups -OCH3 is 2. The Morgan fingerprint density at radius 1 is 1.47 bits per heavy atom. The van der Waals surface area contributed by atoms with Crippen molar-refractivity contribution < 1.29 is 14.6 Å². The van der Waals surface area contributed by atoms with Crippen LogP contribution in [-0.2, 0) is 15.1 Å². The van der Waals surface area contributed by atoms with E-state index in [0.29, 0.717) is 10.8 Å². The molecule has 1 unspecified atom stereocenters. The van der Waals surface area contributed by atoms with Crippen molar-refractivity contribution in [1.29, 1.82) is 0 Å². The van der Waals surface area contributed by atoms with Gasteiger partial charge in [0, 0.05) is 25.5 Å². The molecule has 0 aliphatic heterocycles. The van der Waals surface area contributed by atoms with Crippen LogP contribution in [0.4, 0.5) is 0 Å². The molecule has 0 bridgehead atoms. The number of ether oxygens (including phenoxy) is 2. The van der Waals surface area contributed by atoms with Gasteiger partial charge in [0.15, 0.2) is 6.29 Å². The van der Waals surface area contributed by atoms with Gasteiger partial charge < -0.3 is 14.6 Å². The molecule has 0 amide bonds. The Kier molecular flexibility index (Phi) is 4.55. The molecule has 1 rings (SSSR count). The summed E-state index contributed by atoms with van der Waals surface area (Å²) in [4.78, 5) is 0.812. The van der Waals surface area contributed by atoms with Crippen LogP contribution in [0.15, 0.2) is 12.1 Å². The SMILES string of the molecule is COC(CC(C)(O)c1ccc(Cl)s1)OC. The van der Waals surface area contributed by atoms with E-state index in [4.69, 9.17) is 21.1 Å². The molecule has 5 heteroatoms. The van der Waals surface area contributed by atoms with Crippen LogP contribution >= 0.6 is 22.9 Å². The van der Waals surface area contributed by atoms with Crippen molar-refractivity contribution >= 4 is 22.9 Å². The van der Waals surface area contributed by atoms with Gasteiger partial charge in [0.05, 0.1) is 4.34 Å². The molecule has 0 aliphatic rings. The van der Waals surface area contributed by atoms with Gasteiger partial charge >= 0.3 is 0 Å². The quantitative estimate of drug-likeness (QED) is 0.817. The first-order chi connectivity index (χ1) is 6.99. The lowest BCUT2D eigenvalue weighted by molar-refractivity contribution is -0.141. The monoisotopic (exact) mass is 250 g/mol. The number of hydrogen-bond acceptors (Lipinski definition) is 4. The average Bonchev–Trinajstić information content (AvgIpc) is 2.62. The van der Waals surface area contributed by atoms with Crippen LogP contribution in [-0.4, -0.2) is 25.6 Å². The molecule has 15 heavy (non-hydrogen) atoms. The molecule has 1 atom stereocenters. The summed E-state index contributed by atoms with van der Waals surface area (Å²) >= 11 is 7.18. The second-order valence-corrected chi connectivity index (χ2v) is 5.20. The summed E-state index contributed by atoms with van der Waals surface area (Å²) < 4.78 is 10.8. The van der Waals surface area contributed by atoms with Crippen molar-refractivity contribution in [2.45, 2.75) is 25.2 Å². The molecular weight excluding hydrogens is 236 g/mol. The number of halogens is 1. The van der Waals surface area contributed by atoms with Crippen LogP contribution in [0.25, 0.3) is 0 Å². The van der Waals surface area contributed by atoms with Gasteiger partial charge in [-0.05, 0) is 19.1 Å². The van der Waals surface area contributed by atoms with Crippen molar-refractivity contribution in [2.75, 3.05) is 14.2 Å². The minimum Gasteiger partial charge on any atom is -0.384 e. The molecule has 1 aromatic rings. The summed E-state index contributed by atoms with van der Waals surface area (Å²) in [5, 5.41) is 10.2. The van der Waals surface area contributed by atoms with Crippen LogP contribution in [0.5, 0.6) is 0 Å². The van der Waals surface area contributed by atoms with Crippen molar-refractivity contribution in [2.24, 2.45) is 0 Å². The predicted molar refractivity (Wildman–Crippen MR) is 61.3 cm³/mol. The van der Waals surface area contributed by atoms with Gasteiger partial charge in [0.1, 0.15) is 5.60 Å². The first kappa shape index (κ1) is 12.9. The summed E-state index contributed by atoms with van der Waals surface area (Å²) in [6.07, 6.45) is -0.0440. The van der Waals surface area contributed by atoms with Crippen LogP contribution in [0.2, 0.25) is 4.34 Å². The Balaban J connectivity index is 2.74. The zero-order valence-corrected chi connectivity index (χ0v) is 10.6. The molecule has 0 aromatic carbocycles. The highest BCUT2D eigenvalue weighted by molar-refractivity contribution is 7.16. The second kappa shape index (κ2) is 5.27. The summed E-state index contributed by atoms with van der Waals surface area (Å²) in [5.41, 5.74) is -0.978. The Hall–Kier alpha value is -0.130. The Morgan fingerprint density at radius 2 is 2.07 bits per heavy atom. The average molecular weight is 251 g/mol. The highest BCUT2D eigenvalue weighted by atomic mass is 35.5. The van der Waals surface area contributed by atoms with E-state index in [9.17, 15) is 5.11 Å². The van der Waals surface area contributed by atoms with Gasteiger partial charge in [0.25, 0.3) is 0 Å². The first-order valence-corrected chi connectivity index (χ1v) is 5.73. The standard InChI is InChI=1S/C10H15ClO3S/c1-10(12,6-9(13-2)14-3)7-4-5-8(11)15-7/h4-5,9,12H,6H2,1-3H3. The Morgan fingerprint density at radius 3 is 2.47 bits per heavy atom. The Bertz CT molecular complexity index is 307. The summed E-state index contributed by atoms with van der Waals surface area (Å²) in [7, 11) is 3.09. The highest BCUT2D eigenvalue weighted by Crippen LogP contribution is 2.34. The van der Waals surface area contributed by atoms with Crippen LogP contribution in [0, 0.1) is 0 Å². The summed E-state index contributed by atoms with van der Waals surface area (Å²) in [6.45, 7) is 1.72. The fourth-order valence-electron chi connectivity index (χ4n) is 1.29. The molecule has 0 aliphatic carbocycles. The molecule has 0 saturated heterocycles. The summed E-state index contributed by atoms with van der Waals surface area (Å²) in [6, 6.07) is 3.58. The van der Waals surface area contributed by atoms with Crippen molar-refractivity contribution in [1.82, 2.24) is 0 Å². The molecule has 3 nitrogen and oxygen atoms in total. The minimum absolute atomic E-state index is 0.372. The summed E-state index contributed by atoms with van der Waals surface area (Å²) in [5.74, 6) is 0. The Labute approximate surface area is 98.6 Å². The van der Waals surface area contributed by atoms with E-state index in [0.717, 1.165) is 4.88 Å². The predicted octanol–water partition coefficient (Wildman–Crippen LogP) is 2.62. The van der Waals surface area contributed by atoms with E-state index in [1.807, 2.05) is 6.07 Å². The largest absolute Gasteiger partial charge is 0.384 e. The van der Waals surface area contributed by atoms with Crippen molar-refractivity contribution in [3.63, 3.8) is 0 Å². The zero-order valence-electron chi connectivity index (χ0n) is 8.99. The van der Waals surface area contributed by atoms with Crippen LogP contribution in [0.3, 0.4) is 0 Å². The lowest BCUT2D eigenvalue weighted by Gasteiger charge is -2.25. The molecular formula is C10H15ClO3S. The van der Waals surface area contributed by atoms with Gasteiger partial charge in [0.2, 0.25) is 0 Å². The third-order valence-electron chi connectivity index (χ3n) is 2.19. The third kappa shape index (κ3) is 3.43. The fourth-order valence-corrected chi connectivity index (χ4v) is 2.39. The molecule has 0 fully saturated rings. The van der Waals surface area contributed by atoms with E-state index in [2.05, 4.69) is 0 Å². The maximum absolute atomic E-state index is 10.2. The van der Waals surface area contributed by atoms with Crippen molar-refractivity contribution in [3.05, 3.63) is 21.3 Å². The maximum Gasteiger partial charge on any atom is 0.159 e. The molecule has 1 heterocycles. The number of thiophene rings is 1. The molecule has 0 saturated carbocycles. The fraction of sp³-hybridized carbons (Fsp3) is 0.600.